The largest absolute Gasteiger partial charge is 0.459 e. The smallest absolute Gasteiger partial charge is 0.339 e. The zero-order valence-electron chi connectivity index (χ0n) is 9.35. The second-order valence-electron chi connectivity index (χ2n) is 3.80. The Kier molecular flexibility index (Phi) is 2.60. The van der Waals surface area contributed by atoms with Crippen molar-refractivity contribution in [3.8, 4) is 0 Å². The van der Waals surface area contributed by atoms with Gasteiger partial charge in [0.15, 0.2) is 0 Å². The van der Waals surface area contributed by atoms with E-state index >= 15 is 0 Å². The topological polar surface area (TPSA) is 65.2 Å². The number of pyridine rings is 1. The van der Waals surface area contributed by atoms with Crippen LogP contribution in [0.3, 0.4) is 0 Å². The summed E-state index contributed by atoms with van der Waals surface area (Å²) >= 11 is 0. The minimum atomic E-state index is -0.384. The SMILES string of the molecule is Cc1noc2ncc(C(=O)OC(C)C)cc12. The van der Waals surface area contributed by atoms with Crippen molar-refractivity contribution in [1.82, 2.24) is 10.1 Å². The molecule has 0 fully saturated rings. The van der Waals surface area contributed by atoms with E-state index in [9.17, 15) is 4.79 Å². The molecule has 0 radical (unpaired) electrons. The van der Waals surface area contributed by atoms with Crippen molar-refractivity contribution in [1.29, 1.82) is 0 Å². The van der Waals surface area contributed by atoms with Crippen LogP contribution in [-0.2, 0) is 4.74 Å². The Hall–Kier alpha value is -1.91. The van der Waals surface area contributed by atoms with Crippen molar-refractivity contribution < 1.29 is 14.1 Å². The van der Waals surface area contributed by atoms with Crippen LogP contribution in [0.25, 0.3) is 11.1 Å². The summed E-state index contributed by atoms with van der Waals surface area (Å²) in [5.74, 6) is -0.384. The Morgan fingerprint density at radius 3 is 2.94 bits per heavy atom. The van der Waals surface area contributed by atoms with Gasteiger partial charge in [-0.3, -0.25) is 0 Å². The van der Waals surface area contributed by atoms with E-state index in [4.69, 9.17) is 9.26 Å². The summed E-state index contributed by atoms with van der Waals surface area (Å²) in [5, 5.41) is 4.50. The molecule has 0 aliphatic rings. The van der Waals surface area contributed by atoms with Gasteiger partial charge in [-0.2, -0.15) is 0 Å². The molecular formula is C11H12N2O3. The van der Waals surface area contributed by atoms with E-state index in [0.717, 1.165) is 5.39 Å². The van der Waals surface area contributed by atoms with Gasteiger partial charge in [0.2, 0.25) is 0 Å². The highest BCUT2D eigenvalue weighted by atomic mass is 16.5. The van der Waals surface area contributed by atoms with Crippen LogP contribution in [0.4, 0.5) is 0 Å². The molecule has 0 atom stereocenters. The molecule has 84 valence electrons. The summed E-state index contributed by atoms with van der Waals surface area (Å²) < 4.78 is 10.0. The molecule has 2 heterocycles. The van der Waals surface area contributed by atoms with Crippen molar-refractivity contribution in [2.75, 3.05) is 0 Å². The van der Waals surface area contributed by atoms with Crippen molar-refractivity contribution in [2.45, 2.75) is 26.9 Å². The van der Waals surface area contributed by atoms with E-state index in [1.54, 1.807) is 26.8 Å². The Morgan fingerprint density at radius 2 is 2.25 bits per heavy atom. The lowest BCUT2D eigenvalue weighted by Gasteiger charge is -2.06. The van der Waals surface area contributed by atoms with Crippen molar-refractivity contribution in [3.63, 3.8) is 0 Å². The number of esters is 1. The number of nitrogens with zero attached hydrogens (tertiary/aromatic N) is 2. The lowest BCUT2D eigenvalue weighted by molar-refractivity contribution is 0.0377. The lowest BCUT2D eigenvalue weighted by atomic mass is 10.2. The molecule has 0 unspecified atom stereocenters. The highest BCUT2D eigenvalue weighted by molar-refractivity contribution is 5.93. The Bertz CT molecular complexity index is 531. The number of hydrogen-bond donors (Lipinski definition) is 0. The number of fused-ring (bicyclic) bond motifs is 1. The fourth-order valence-electron chi connectivity index (χ4n) is 1.34. The average molecular weight is 220 g/mol. The molecule has 0 saturated heterocycles. The Morgan fingerprint density at radius 1 is 1.50 bits per heavy atom. The molecule has 0 aliphatic heterocycles. The van der Waals surface area contributed by atoms with Crippen LogP contribution in [0, 0.1) is 6.92 Å². The number of carbonyl (C=O) groups excluding carboxylic acids is 1. The van der Waals surface area contributed by atoms with Gasteiger partial charge in [-0.15, -0.1) is 0 Å². The molecule has 16 heavy (non-hydrogen) atoms. The van der Waals surface area contributed by atoms with Crippen LogP contribution in [-0.4, -0.2) is 22.2 Å². The third-order valence-corrected chi connectivity index (χ3v) is 2.09. The summed E-state index contributed by atoms with van der Waals surface area (Å²) in [5.41, 5.74) is 1.55. The van der Waals surface area contributed by atoms with Gasteiger partial charge in [0.25, 0.3) is 5.71 Å². The van der Waals surface area contributed by atoms with Crippen LogP contribution in [0.15, 0.2) is 16.8 Å². The standard InChI is InChI=1S/C11H12N2O3/c1-6(2)15-11(14)8-4-9-7(3)13-16-10(9)12-5-8/h4-6H,1-3H3. The van der Waals surface area contributed by atoms with Crippen LogP contribution in [0.2, 0.25) is 0 Å². The molecule has 2 aromatic heterocycles. The Labute approximate surface area is 92.4 Å². The van der Waals surface area contributed by atoms with E-state index in [-0.39, 0.29) is 12.1 Å². The predicted molar refractivity (Wildman–Crippen MR) is 57.1 cm³/mol. The first kappa shape index (κ1) is 10.6. The van der Waals surface area contributed by atoms with Gasteiger partial charge < -0.3 is 9.26 Å². The zero-order valence-corrected chi connectivity index (χ0v) is 9.35. The van der Waals surface area contributed by atoms with E-state index in [1.165, 1.54) is 6.20 Å². The molecule has 0 amide bonds. The first-order valence-electron chi connectivity index (χ1n) is 5.01. The number of aromatic nitrogens is 2. The maximum atomic E-state index is 11.6. The van der Waals surface area contributed by atoms with Gasteiger partial charge in [-0.05, 0) is 26.8 Å². The monoisotopic (exact) mass is 220 g/mol. The predicted octanol–water partition coefficient (Wildman–Crippen LogP) is 2.10. The number of ether oxygens (including phenoxy) is 1. The highest BCUT2D eigenvalue weighted by Gasteiger charge is 2.13. The van der Waals surface area contributed by atoms with Gasteiger partial charge in [-0.25, -0.2) is 9.78 Å². The highest BCUT2D eigenvalue weighted by Crippen LogP contribution is 2.17. The normalized spacial score (nSPS) is 11.0. The van der Waals surface area contributed by atoms with Crippen molar-refractivity contribution in [3.05, 3.63) is 23.5 Å². The molecule has 5 heteroatoms. The van der Waals surface area contributed by atoms with Crippen molar-refractivity contribution in [2.24, 2.45) is 0 Å². The Balaban J connectivity index is 2.38. The van der Waals surface area contributed by atoms with Crippen LogP contribution in [0.5, 0.6) is 0 Å². The van der Waals surface area contributed by atoms with E-state index < -0.39 is 0 Å². The summed E-state index contributed by atoms with van der Waals surface area (Å²) in [6, 6.07) is 1.68. The molecule has 0 bridgehead atoms. The molecule has 0 aliphatic carbocycles. The number of hydrogen-bond acceptors (Lipinski definition) is 5. The molecule has 0 aromatic carbocycles. The average Bonchev–Trinajstić information content (AvgIpc) is 2.59. The third kappa shape index (κ3) is 1.88. The van der Waals surface area contributed by atoms with Gasteiger partial charge >= 0.3 is 5.97 Å². The summed E-state index contributed by atoms with van der Waals surface area (Å²) in [4.78, 5) is 15.6. The van der Waals surface area contributed by atoms with Crippen LogP contribution >= 0.6 is 0 Å². The molecule has 0 N–H and O–H groups in total. The minimum Gasteiger partial charge on any atom is -0.459 e. The van der Waals surface area contributed by atoms with Gasteiger partial charge in [0.05, 0.1) is 22.7 Å². The van der Waals surface area contributed by atoms with Crippen molar-refractivity contribution >= 4 is 17.1 Å². The first-order chi connectivity index (χ1) is 7.58. The maximum absolute atomic E-state index is 11.6. The van der Waals surface area contributed by atoms with Gasteiger partial charge in [0, 0.05) is 6.20 Å². The second-order valence-corrected chi connectivity index (χ2v) is 3.80. The second kappa shape index (κ2) is 3.92. The fourth-order valence-corrected chi connectivity index (χ4v) is 1.34. The number of rotatable bonds is 2. The summed E-state index contributed by atoms with van der Waals surface area (Å²) in [6.45, 7) is 5.40. The third-order valence-electron chi connectivity index (χ3n) is 2.09. The molecule has 0 spiro atoms. The maximum Gasteiger partial charge on any atom is 0.339 e. The summed E-state index contributed by atoms with van der Waals surface area (Å²) in [6.07, 6.45) is 1.28. The van der Waals surface area contributed by atoms with E-state index in [0.29, 0.717) is 17.0 Å². The first-order valence-corrected chi connectivity index (χ1v) is 5.01. The molecule has 2 rings (SSSR count). The quantitative estimate of drug-likeness (QED) is 0.725. The molecular weight excluding hydrogens is 208 g/mol. The van der Waals surface area contributed by atoms with Gasteiger partial charge in [-0.1, -0.05) is 5.16 Å². The van der Waals surface area contributed by atoms with Crippen LogP contribution < -0.4 is 0 Å². The zero-order chi connectivity index (χ0) is 11.7. The number of carbonyl (C=O) groups is 1. The summed E-state index contributed by atoms with van der Waals surface area (Å²) in [7, 11) is 0. The lowest BCUT2D eigenvalue weighted by Crippen LogP contribution is -2.11. The molecule has 0 saturated carbocycles. The minimum absolute atomic E-state index is 0.147. The van der Waals surface area contributed by atoms with Gasteiger partial charge in [0.1, 0.15) is 0 Å². The van der Waals surface area contributed by atoms with E-state index in [2.05, 4.69) is 10.1 Å². The fraction of sp³-hybridized carbons (Fsp3) is 0.364. The van der Waals surface area contributed by atoms with E-state index in [1.807, 2.05) is 0 Å². The molecule has 2 aromatic rings. The molecule has 5 nitrogen and oxygen atoms in total. The number of aryl methyl sites for hydroxylation is 1. The van der Waals surface area contributed by atoms with Crippen LogP contribution in [0.1, 0.15) is 29.9 Å².